The average molecular weight is 170 g/mol. The molecule has 58 valence electrons. The molecule has 0 saturated heterocycles. The highest BCUT2D eigenvalue weighted by molar-refractivity contribution is 6.31. The van der Waals surface area contributed by atoms with Gasteiger partial charge < -0.3 is 10.5 Å². The number of rotatable bonds is 1. The third kappa shape index (κ3) is 1.71. The van der Waals surface area contributed by atoms with E-state index in [9.17, 15) is 5.11 Å². The topological polar surface area (TPSA) is 44.1 Å². The van der Waals surface area contributed by atoms with E-state index in [0.717, 1.165) is 0 Å². The fourth-order valence-corrected chi connectivity index (χ4v) is 0.981. The molecule has 1 aromatic rings. The van der Waals surface area contributed by atoms with Crippen LogP contribution in [-0.2, 0) is 0 Å². The minimum atomic E-state index is 0.0990. The van der Waals surface area contributed by atoms with Crippen LogP contribution in [0.15, 0.2) is 18.2 Å². The fourth-order valence-electron chi connectivity index (χ4n) is 0.809. The summed E-state index contributed by atoms with van der Waals surface area (Å²) in [6.45, 7) is 1.60. The maximum atomic E-state index is 9.21. The van der Waals surface area contributed by atoms with E-state index in [1.807, 2.05) is 0 Å². The third-order valence-electron chi connectivity index (χ3n) is 1.36. The number of hydrogen-bond donors (Lipinski definition) is 2. The minimum Gasteiger partial charge on any atom is -0.507 e. The highest BCUT2D eigenvalue weighted by Crippen LogP contribution is 2.21. The van der Waals surface area contributed by atoms with Crippen LogP contribution in [0.1, 0.15) is 12.5 Å². The molecule has 11 heavy (non-hydrogen) atoms. The van der Waals surface area contributed by atoms with Crippen LogP contribution in [0.2, 0.25) is 5.02 Å². The number of hydrogen-bond acceptors (Lipinski definition) is 2. The van der Waals surface area contributed by atoms with Crippen molar-refractivity contribution in [3.05, 3.63) is 28.8 Å². The first-order valence-electron chi connectivity index (χ1n) is 3.15. The maximum absolute atomic E-state index is 9.21. The molecule has 3 heteroatoms. The quantitative estimate of drug-likeness (QED) is 0.623. The fraction of sp³-hybridized carbons (Fsp3) is 0.125. The average Bonchev–Trinajstić information content (AvgIpc) is 1.94. The lowest BCUT2D eigenvalue weighted by atomic mass is 10.1. The molecule has 0 amide bonds. The first-order chi connectivity index (χ1) is 5.11. The third-order valence-corrected chi connectivity index (χ3v) is 1.60. The number of phenols is 1. The largest absolute Gasteiger partial charge is 0.507 e. The lowest BCUT2D eigenvalue weighted by Crippen LogP contribution is -1.91. The van der Waals surface area contributed by atoms with Crippen molar-refractivity contribution in [2.24, 2.45) is 0 Å². The van der Waals surface area contributed by atoms with E-state index in [1.165, 1.54) is 6.07 Å². The molecule has 0 atom stereocenters. The molecule has 2 N–H and O–H groups in total. The lowest BCUT2D eigenvalue weighted by Gasteiger charge is -2.01. The number of benzene rings is 1. The standard InChI is InChI=1S/C8H8ClNO/c1-5(10)7-4-6(9)2-3-8(7)11/h2-4,10-11H,1H3. The maximum Gasteiger partial charge on any atom is 0.124 e. The molecule has 0 aliphatic rings. The van der Waals surface area contributed by atoms with Crippen molar-refractivity contribution in [1.29, 1.82) is 5.41 Å². The molecule has 0 radical (unpaired) electrons. The molecule has 0 aliphatic heterocycles. The van der Waals surface area contributed by atoms with Gasteiger partial charge in [0, 0.05) is 16.3 Å². The Labute approximate surface area is 69.9 Å². The zero-order chi connectivity index (χ0) is 8.43. The van der Waals surface area contributed by atoms with Crippen molar-refractivity contribution >= 4 is 17.3 Å². The van der Waals surface area contributed by atoms with Gasteiger partial charge in [-0.3, -0.25) is 0 Å². The summed E-state index contributed by atoms with van der Waals surface area (Å²) in [4.78, 5) is 0. The number of aromatic hydroxyl groups is 1. The summed E-state index contributed by atoms with van der Waals surface area (Å²) in [6, 6.07) is 4.64. The Bertz CT molecular complexity index is 296. The molecule has 0 bridgehead atoms. The zero-order valence-corrected chi connectivity index (χ0v) is 6.81. The van der Waals surface area contributed by atoms with E-state index in [1.54, 1.807) is 19.1 Å². The van der Waals surface area contributed by atoms with Gasteiger partial charge in [-0.2, -0.15) is 0 Å². The van der Waals surface area contributed by atoms with Crippen LogP contribution < -0.4 is 0 Å². The van der Waals surface area contributed by atoms with Crippen LogP contribution in [0.4, 0.5) is 0 Å². The molecule has 0 unspecified atom stereocenters. The van der Waals surface area contributed by atoms with Crippen LogP contribution in [0, 0.1) is 5.41 Å². The van der Waals surface area contributed by atoms with Gasteiger partial charge in [-0.05, 0) is 25.1 Å². The van der Waals surface area contributed by atoms with E-state index in [0.29, 0.717) is 16.3 Å². The Morgan fingerprint density at radius 3 is 2.64 bits per heavy atom. The van der Waals surface area contributed by atoms with Crippen molar-refractivity contribution in [3.63, 3.8) is 0 Å². The number of halogens is 1. The van der Waals surface area contributed by atoms with Gasteiger partial charge >= 0.3 is 0 Å². The summed E-state index contributed by atoms with van der Waals surface area (Å²) in [5.74, 6) is 0.0990. The van der Waals surface area contributed by atoms with Crippen molar-refractivity contribution in [3.8, 4) is 5.75 Å². The SMILES string of the molecule is CC(=N)c1cc(Cl)ccc1O. The Kier molecular flexibility index (Phi) is 2.15. The lowest BCUT2D eigenvalue weighted by molar-refractivity contribution is 0.474. The molecule has 1 rings (SSSR count). The summed E-state index contributed by atoms with van der Waals surface area (Å²) in [7, 11) is 0. The smallest absolute Gasteiger partial charge is 0.124 e. The van der Waals surface area contributed by atoms with E-state index < -0.39 is 0 Å². The molecule has 0 aromatic heterocycles. The summed E-state index contributed by atoms with van der Waals surface area (Å²) in [5, 5.41) is 17.0. The van der Waals surface area contributed by atoms with E-state index in [-0.39, 0.29) is 5.75 Å². The van der Waals surface area contributed by atoms with Gasteiger partial charge in [0.25, 0.3) is 0 Å². The summed E-state index contributed by atoms with van der Waals surface area (Å²) in [6.07, 6.45) is 0. The van der Waals surface area contributed by atoms with E-state index >= 15 is 0 Å². The van der Waals surface area contributed by atoms with Crippen molar-refractivity contribution in [2.45, 2.75) is 6.92 Å². The molecule has 0 aliphatic carbocycles. The van der Waals surface area contributed by atoms with Crippen molar-refractivity contribution in [1.82, 2.24) is 0 Å². The Morgan fingerprint density at radius 2 is 2.18 bits per heavy atom. The highest BCUT2D eigenvalue weighted by Gasteiger charge is 2.02. The molecule has 0 saturated carbocycles. The molecule has 0 fully saturated rings. The van der Waals surface area contributed by atoms with Crippen LogP contribution in [-0.4, -0.2) is 10.8 Å². The van der Waals surface area contributed by atoms with Gasteiger partial charge in [-0.25, -0.2) is 0 Å². The van der Waals surface area contributed by atoms with Crippen molar-refractivity contribution in [2.75, 3.05) is 0 Å². The Hall–Kier alpha value is -1.02. The van der Waals surface area contributed by atoms with Gasteiger partial charge in [0.05, 0.1) is 0 Å². The zero-order valence-electron chi connectivity index (χ0n) is 6.06. The second-order valence-corrected chi connectivity index (χ2v) is 2.72. The van der Waals surface area contributed by atoms with Gasteiger partial charge in [0.1, 0.15) is 5.75 Å². The summed E-state index contributed by atoms with van der Waals surface area (Å²) < 4.78 is 0. The van der Waals surface area contributed by atoms with Gasteiger partial charge in [-0.15, -0.1) is 0 Å². The van der Waals surface area contributed by atoms with Crippen LogP contribution in [0.3, 0.4) is 0 Å². The Morgan fingerprint density at radius 1 is 1.55 bits per heavy atom. The summed E-state index contributed by atoms with van der Waals surface area (Å²) in [5.41, 5.74) is 0.794. The molecule has 0 heterocycles. The molecule has 1 aromatic carbocycles. The summed E-state index contributed by atoms with van der Waals surface area (Å²) >= 11 is 5.65. The second-order valence-electron chi connectivity index (χ2n) is 2.29. The van der Waals surface area contributed by atoms with Crippen molar-refractivity contribution < 1.29 is 5.11 Å². The molecule has 2 nitrogen and oxygen atoms in total. The number of nitrogens with one attached hydrogen (secondary N) is 1. The molecular formula is C8H8ClNO. The number of phenolic OH excluding ortho intramolecular Hbond substituents is 1. The normalized spacial score (nSPS) is 9.64. The Balaban J connectivity index is 3.23. The first-order valence-corrected chi connectivity index (χ1v) is 3.53. The first kappa shape index (κ1) is 8.08. The van der Waals surface area contributed by atoms with E-state index in [2.05, 4.69) is 0 Å². The van der Waals surface area contributed by atoms with E-state index in [4.69, 9.17) is 17.0 Å². The van der Waals surface area contributed by atoms with Gasteiger partial charge in [0.15, 0.2) is 0 Å². The monoisotopic (exact) mass is 169 g/mol. The molecule has 0 spiro atoms. The van der Waals surface area contributed by atoms with Gasteiger partial charge in [0.2, 0.25) is 0 Å². The predicted molar refractivity (Wildman–Crippen MR) is 45.6 cm³/mol. The highest BCUT2D eigenvalue weighted by atomic mass is 35.5. The minimum absolute atomic E-state index is 0.0990. The predicted octanol–water partition coefficient (Wildman–Crippen LogP) is 2.43. The van der Waals surface area contributed by atoms with Crippen LogP contribution in [0.5, 0.6) is 5.75 Å². The van der Waals surface area contributed by atoms with Gasteiger partial charge in [-0.1, -0.05) is 11.6 Å². The van der Waals surface area contributed by atoms with Crippen LogP contribution in [0.25, 0.3) is 0 Å². The second kappa shape index (κ2) is 2.93. The van der Waals surface area contributed by atoms with Crippen LogP contribution >= 0.6 is 11.6 Å². The molecular weight excluding hydrogens is 162 g/mol.